The van der Waals surface area contributed by atoms with Gasteiger partial charge in [0.25, 0.3) is 6.43 Å². The number of aryl methyl sites for hydroxylation is 2. The minimum atomic E-state index is -2.55. The molecule has 9 heteroatoms. The molecule has 0 aliphatic rings. The third-order valence-corrected chi connectivity index (χ3v) is 4.09. The monoisotopic (exact) mass is 376 g/mol. The van der Waals surface area contributed by atoms with E-state index >= 15 is 0 Å². The highest BCUT2D eigenvalue weighted by atomic mass is 19.3. The summed E-state index contributed by atoms with van der Waals surface area (Å²) in [4.78, 5) is 19.7. The van der Waals surface area contributed by atoms with E-state index in [1.807, 2.05) is 6.92 Å². The Morgan fingerprint density at radius 3 is 2.78 bits per heavy atom. The summed E-state index contributed by atoms with van der Waals surface area (Å²) >= 11 is 0. The number of hydrogen-bond acceptors (Lipinski definition) is 5. The second kappa shape index (κ2) is 7.65. The first-order valence-corrected chi connectivity index (χ1v) is 8.34. The first-order valence-electron chi connectivity index (χ1n) is 8.34. The number of aromatic nitrogens is 4. The topological polar surface area (TPSA) is 90.1 Å². The molecule has 7 nitrogen and oxygen atoms in total. The summed E-state index contributed by atoms with van der Waals surface area (Å²) in [5.74, 6) is -0.804. The van der Waals surface area contributed by atoms with Crippen molar-refractivity contribution < 1.29 is 23.4 Å². The summed E-state index contributed by atoms with van der Waals surface area (Å²) in [5, 5.41) is 14.4. The van der Waals surface area contributed by atoms with Crippen LogP contribution < -0.4 is 4.74 Å². The molecule has 0 unspecified atom stereocenters. The first kappa shape index (κ1) is 18.7. The van der Waals surface area contributed by atoms with Gasteiger partial charge in [0, 0.05) is 11.9 Å². The van der Waals surface area contributed by atoms with Gasteiger partial charge in [-0.1, -0.05) is 6.92 Å². The summed E-state index contributed by atoms with van der Waals surface area (Å²) in [7, 11) is 0. The van der Waals surface area contributed by atoms with Gasteiger partial charge < -0.3 is 9.84 Å². The van der Waals surface area contributed by atoms with Crippen molar-refractivity contribution in [1.29, 1.82) is 0 Å². The Balaban J connectivity index is 1.94. The minimum absolute atomic E-state index is 0.0320. The van der Waals surface area contributed by atoms with E-state index in [1.54, 1.807) is 23.7 Å². The molecule has 0 aliphatic heterocycles. The fraction of sp³-hybridized carbons (Fsp3) is 0.333. The molecule has 0 bridgehead atoms. The molecular formula is C18H18F2N4O3. The minimum Gasteiger partial charge on any atom is -0.486 e. The Morgan fingerprint density at radius 2 is 2.15 bits per heavy atom. The molecule has 0 saturated heterocycles. The van der Waals surface area contributed by atoms with E-state index < -0.39 is 19.0 Å². The molecule has 3 aromatic heterocycles. The second-order valence-electron chi connectivity index (χ2n) is 5.96. The maximum Gasteiger partial charge on any atom is 0.355 e. The number of ether oxygens (including phenoxy) is 1. The standard InChI is InChI=1S/C18H18F2N4O3/c1-3-13-16-12(4-5-21-17(16)18(25)26)23-24(13)8-11-6-10(2)14(7-22-11)27-9-15(19)20/h4-7,15H,3,8-9H2,1-2H3,(H,25,26). The molecule has 3 heterocycles. The number of carboxylic acid groups (broad SMARTS) is 1. The van der Waals surface area contributed by atoms with Crippen molar-refractivity contribution in [3.05, 3.63) is 47.2 Å². The molecule has 0 atom stereocenters. The smallest absolute Gasteiger partial charge is 0.355 e. The largest absolute Gasteiger partial charge is 0.486 e. The van der Waals surface area contributed by atoms with Crippen LogP contribution in [0.15, 0.2) is 24.5 Å². The van der Waals surface area contributed by atoms with Crippen molar-refractivity contribution in [2.24, 2.45) is 0 Å². The third-order valence-electron chi connectivity index (χ3n) is 4.09. The molecule has 0 aromatic carbocycles. The van der Waals surface area contributed by atoms with E-state index in [9.17, 15) is 18.7 Å². The molecule has 27 heavy (non-hydrogen) atoms. The lowest BCUT2D eigenvalue weighted by atomic mass is 10.1. The second-order valence-corrected chi connectivity index (χ2v) is 5.96. The highest BCUT2D eigenvalue weighted by Crippen LogP contribution is 2.24. The number of carbonyl (C=O) groups is 1. The molecule has 3 rings (SSSR count). The van der Waals surface area contributed by atoms with Crippen LogP contribution in [0.25, 0.3) is 10.9 Å². The molecule has 3 aromatic rings. The van der Waals surface area contributed by atoms with Gasteiger partial charge in [0.2, 0.25) is 0 Å². The normalized spacial score (nSPS) is 11.3. The number of nitrogens with zero attached hydrogens (tertiary/aromatic N) is 4. The van der Waals surface area contributed by atoms with Gasteiger partial charge in [-0.15, -0.1) is 0 Å². The van der Waals surface area contributed by atoms with Gasteiger partial charge in [0.15, 0.2) is 5.69 Å². The maximum absolute atomic E-state index is 12.3. The van der Waals surface area contributed by atoms with Gasteiger partial charge in [0.05, 0.1) is 29.3 Å². The summed E-state index contributed by atoms with van der Waals surface area (Å²) in [6.07, 6.45) is 0.841. The highest BCUT2D eigenvalue weighted by molar-refractivity contribution is 6.01. The average molecular weight is 376 g/mol. The van der Waals surface area contributed by atoms with Crippen molar-refractivity contribution in [3.8, 4) is 5.75 Å². The van der Waals surface area contributed by atoms with Crippen LogP contribution in [0, 0.1) is 6.92 Å². The van der Waals surface area contributed by atoms with Gasteiger partial charge in [-0.2, -0.15) is 5.10 Å². The van der Waals surface area contributed by atoms with Crippen molar-refractivity contribution in [2.45, 2.75) is 33.2 Å². The lowest BCUT2D eigenvalue weighted by Crippen LogP contribution is -2.10. The number of rotatable bonds is 7. The van der Waals surface area contributed by atoms with Crippen LogP contribution in [0.2, 0.25) is 0 Å². The molecule has 0 fully saturated rings. The van der Waals surface area contributed by atoms with Crippen LogP contribution in [-0.2, 0) is 13.0 Å². The fourth-order valence-electron chi connectivity index (χ4n) is 2.94. The Hall–Kier alpha value is -3.10. The van der Waals surface area contributed by atoms with Crippen LogP contribution in [-0.4, -0.2) is 43.9 Å². The number of aromatic carboxylic acids is 1. The number of hydrogen-bond donors (Lipinski definition) is 1. The van der Waals surface area contributed by atoms with Crippen molar-refractivity contribution in [3.63, 3.8) is 0 Å². The zero-order valence-electron chi connectivity index (χ0n) is 14.8. The number of alkyl halides is 2. The van der Waals surface area contributed by atoms with E-state index in [0.29, 0.717) is 40.9 Å². The van der Waals surface area contributed by atoms with E-state index in [0.717, 1.165) is 5.69 Å². The SMILES string of the molecule is CCc1c2c(C(=O)O)nccc2nn1Cc1cc(C)c(OCC(F)F)cn1. The van der Waals surface area contributed by atoms with E-state index in [-0.39, 0.29) is 5.69 Å². The molecule has 1 N–H and O–H groups in total. The van der Waals surface area contributed by atoms with Crippen LogP contribution in [0.3, 0.4) is 0 Å². The molecule has 0 radical (unpaired) electrons. The third kappa shape index (κ3) is 3.86. The van der Waals surface area contributed by atoms with E-state index in [4.69, 9.17) is 4.74 Å². The van der Waals surface area contributed by atoms with Gasteiger partial charge >= 0.3 is 5.97 Å². The van der Waals surface area contributed by atoms with Gasteiger partial charge in [0.1, 0.15) is 12.4 Å². The van der Waals surface area contributed by atoms with Crippen LogP contribution >= 0.6 is 0 Å². The maximum atomic E-state index is 12.3. The van der Waals surface area contributed by atoms with E-state index in [2.05, 4.69) is 15.1 Å². The lowest BCUT2D eigenvalue weighted by Gasteiger charge is -2.11. The highest BCUT2D eigenvalue weighted by Gasteiger charge is 2.19. The Kier molecular flexibility index (Phi) is 5.29. The van der Waals surface area contributed by atoms with Crippen molar-refractivity contribution in [2.75, 3.05) is 6.61 Å². The quantitative estimate of drug-likeness (QED) is 0.682. The van der Waals surface area contributed by atoms with Gasteiger partial charge in [-0.05, 0) is 31.0 Å². The zero-order valence-corrected chi connectivity index (χ0v) is 14.8. The predicted octanol–water partition coefficient (Wildman–Crippen LogP) is 3.09. The molecule has 0 amide bonds. The van der Waals surface area contributed by atoms with E-state index in [1.165, 1.54) is 12.4 Å². The summed E-state index contributed by atoms with van der Waals surface area (Å²) in [5.41, 5.74) is 2.60. The van der Waals surface area contributed by atoms with Gasteiger partial charge in [-0.25, -0.2) is 18.6 Å². The molecule has 0 spiro atoms. The number of pyridine rings is 2. The van der Waals surface area contributed by atoms with Gasteiger partial charge in [-0.3, -0.25) is 9.67 Å². The number of halogens is 2. The number of carboxylic acids is 1. The zero-order chi connectivity index (χ0) is 19.6. The predicted molar refractivity (Wildman–Crippen MR) is 93.4 cm³/mol. The fourth-order valence-corrected chi connectivity index (χ4v) is 2.94. The Bertz CT molecular complexity index is 988. The van der Waals surface area contributed by atoms with Crippen molar-refractivity contribution >= 4 is 16.9 Å². The summed E-state index contributed by atoms with van der Waals surface area (Å²) in [6, 6.07) is 3.40. The van der Waals surface area contributed by atoms with Crippen LogP contribution in [0.5, 0.6) is 5.75 Å². The Labute approximate surface area is 153 Å². The van der Waals surface area contributed by atoms with Crippen LogP contribution in [0.1, 0.15) is 34.4 Å². The molecular weight excluding hydrogens is 358 g/mol. The van der Waals surface area contributed by atoms with Crippen molar-refractivity contribution in [1.82, 2.24) is 19.7 Å². The lowest BCUT2D eigenvalue weighted by molar-refractivity contribution is 0.0692. The summed E-state index contributed by atoms with van der Waals surface area (Å²) in [6.45, 7) is 3.29. The average Bonchev–Trinajstić information content (AvgIpc) is 2.97. The summed E-state index contributed by atoms with van der Waals surface area (Å²) < 4.78 is 31.3. The molecule has 142 valence electrons. The molecule has 0 saturated carbocycles. The number of fused-ring (bicyclic) bond motifs is 1. The van der Waals surface area contributed by atoms with Crippen LogP contribution in [0.4, 0.5) is 8.78 Å². The first-order chi connectivity index (χ1) is 12.9. The molecule has 0 aliphatic carbocycles. The Morgan fingerprint density at radius 1 is 1.37 bits per heavy atom.